The number of benzene rings is 1. The monoisotopic (exact) mass is 449 g/mol. The van der Waals surface area contributed by atoms with Crippen LogP contribution in [-0.2, 0) is 4.79 Å². The lowest BCUT2D eigenvalue weighted by Gasteiger charge is -2.18. The zero-order chi connectivity index (χ0) is 22.4. The molecule has 170 valence electrons. The van der Waals surface area contributed by atoms with Crippen LogP contribution >= 0.6 is 11.6 Å². The molecule has 1 aromatic carbocycles. The van der Waals surface area contributed by atoms with Crippen LogP contribution in [0.3, 0.4) is 0 Å². The highest BCUT2D eigenvalue weighted by Crippen LogP contribution is 2.32. The van der Waals surface area contributed by atoms with Gasteiger partial charge in [0.25, 0.3) is 0 Å². The van der Waals surface area contributed by atoms with Crippen LogP contribution in [0.5, 0.6) is 0 Å². The van der Waals surface area contributed by atoms with Crippen LogP contribution in [0, 0.1) is 11.8 Å². The number of nitrogens with one attached hydrogen (secondary N) is 3. The Hall–Kier alpha value is -2.12. The molecule has 31 heavy (non-hydrogen) atoms. The molecule has 0 radical (unpaired) electrons. The number of allylic oxidation sites excluding steroid dienone is 1. The molecular weight excluding hydrogens is 417 g/mol. The molecule has 0 aromatic heterocycles. The van der Waals surface area contributed by atoms with Crippen LogP contribution in [0.2, 0.25) is 5.02 Å². The molecule has 0 spiro atoms. The molecule has 6 nitrogen and oxygen atoms in total. The van der Waals surface area contributed by atoms with Crippen molar-refractivity contribution in [1.29, 1.82) is 0 Å². The lowest BCUT2D eigenvalue weighted by Crippen LogP contribution is -2.37. The van der Waals surface area contributed by atoms with Crippen molar-refractivity contribution in [3.8, 4) is 0 Å². The number of aliphatic imine (C=N–C) groups is 1. The topological polar surface area (TPSA) is 91.5 Å². The van der Waals surface area contributed by atoms with Gasteiger partial charge in [-0.3, -0.25) is 9.79 Å². The first kappa shape index (κ1) is 23.5. The minimum Gasteiger partial charge on any atom is -0.389 e. The minimum absolute atomic E-state index is 0.0163. The van der Waals surface area contributed by atoms with Crippen molar-refractivity contribution in [1.82, 2.24) is 16.0 Å². The maximum Gasteiger partial charge on any atom is 0.228 e. The Kier molecular flexibility index (Phi) is 8.32. The molecule has 1 aromatic rings. The van der Waals surface area contributed by atoms with Crippen molar-refractivity contribution in [2.24, 2.45) is 22.6 Å². The van der Waals surface area contributed by atoms with Gasteiger partial charge in [0, 0.05) is 30.7 Å². The molecular formula is C23H33ClFN5O. The quantitative estimate of drug-likeness (QED) is 0.237. The van der Waals surface area contributed by atoms with Gasteiger partial charge < -0.3 is 21.7 Å². The zero-order valence-electron chi connectivity index (χ0n) is 18.3. The molecule has 1 fully saturated rings. The van der Waals surface area contributed by atoms with Gasteiger partial charge in [0.2, 0.25) is 5.91 Å². The van der Waals surface area contributed by atoms with Gasteiger partial charge in [0.15, 0.2) is 0 Å². The lowest BCUT2D eigenvalue weighted by atomic mass is 9.98. The first-order valence-electron chi connectivity index (χ1n) is 11.0. The third-order valence-corrected chi connectivity index (χ3v) is 6.21. The van der Waals surface area contributed by atoms with Crippen molar-refractivity contribution in [2.45, 2.75) is 38.3 Å². The summed E-state index contributed by atoms with van der Waals surface area (Å²) in [4.78, 5) is 17.3. The molecule has 8 heteroatoms. The third-order valence-electron chi connectivity index (χ3n) is 5.96. The van der Waals surface area contributed by atoms with Gasteiger partial charge in [-0.15, -0.1) is 0 Å². The van der Waals surface area contributed by atoms with Gasteiger partial charge in [-0.1, -0.05) is 30.7 Å². The number of amides is 1. The highest BCUT2D eigenvalue weighted by molar-refractivity contribution is 6.30. The van der Waals surface area contributed by atoms with Gasteiger partial charge >= 0.3 is 0 Å². The standard InChI is InChI=1S/C23H33ClFN5O/c1-14-11-19(25)21(27-2)20(14)22(26)29-9-10-30-23(31)18(13-28-12-15-3-4-15)16-5-7-17(24)8-6-16/h5-8,14-15,18-19,27-28H,3-4,9-13H2,1-2H3,(H2,26,29)(H,30,31)/t14-,18-,19+/m1/s1. The Morgan fingerprint density at radius 3 is 2.68 bits per heavy atom. The normalized spacial score (nSPS) is 22.5. The van der Waals surface area contributed by atoms with Crippen molar-refractivity contribution in [2.75, 3.05) is 33.2 Å². The number of carbonyl (C=O) groups is 1. The number of nitrogens with two attached hydrogens (primary N) is 1. The van der Waals surface area contributed by atoms with Gasteiger partial charge in [-0.25, -0.2) is 4.39 Å². The van der Waals surface area contributed by atoms with E-state index in [9.17, 15) is 9.18 Å². The van der Waals surface area contributed by atoms with Crippen LogP contribution < -0.4 is 21.7 Å². The van der Waals surface area contributed by atoms with E-state index in [1.54, 1.807) is 19.2 Å². The summed E-state index contributed by atoms with van der Waals surface area (Å²) in [6.45, 7) is 4.16. The molecule has 0 aliphatic heterocycles. The van der Waals surface area contributed by atoms with Gasteiger partial charge in [-0.05, 0) is 55.3 Å². The highest BCUT2D eigenvalue weighted by atomic mass is 35.5. The maximum absolute atomic E-state index is 14.1. The Labute approximate surface area is 188 Å². The number of hydrogen-bond donors (Lipinski definition) is 4. The molecule has 0 unspecified atom stereocenters. The summed E-state index contributed by atoms with van der Waals surface area (Å²) in [5.74, 6) is 0.727. The van der Waals surface area contributed by atoms with Crippen molar-refractivity contribution in [3.63, 3.8) is 0 Å². The van der Waals surface area contributed by atoms with Gasteiger partial charge in [-0.2, -0.15) is 0 Å². The summed E-state index contributed by atoms with van der Waals surface area (Å²) in [5.41, 5.74) is 8.31. The second kappa shape index (κ2) is 11.0. The number of nitrogens with zero attached hydrogens (tertiary/aromatic N) is 1. The predicted octanol–water partition coefficient (Wildman–Crippen LogP) is 2.75. The predicted molar refractivity (Wildman–Crippen MR) is 124 cm³/mol. The lowest BCUT2D eigenvalue weighted by molar-refractivity contribution is -0.122. The number of halogens is 2. The molecule has 0 saturated heterocycles. The molecule has 2 aliphatic rings. The average Bonchev–Trinajstić information content (AvgIpc) is 3.52. The molecule has 0 bridgehead atoms. The summed E-state index contributed by atoms with van der Waals surface area (Å²) >= 11 is 6.00. The number of amidine groups is 1. The Bertz CT molecular complexity index is 822. The molecule has 5 N–H and O–H groups in total. The van der Waals surface area contributed by atoms with Gasteiger partial charge in [0.05, 0.1) is 18.2 Å². The second-order valence-electron chi connectivity index (χ2n) is 8.45. The van der Waals surface area contributed by atoms with Crippen molar-refractivity contribution >= 4 is 23.3 Å². The zero-order valence-corrected chi connectivity index (χ0v) is 19.0. The van der Waals surface area contributed by atoms with Crippen LogP contribution in [0.15, 0.2) is 40.5 Å². The highest BCUT2D eigenvalue weighted by Gasteiger charge is 2.32. The summed E-state index contributed by atoms with van der Waals surface area (Å²) in [5, 5.41) is 9.93. The molecule has 1 saturated carbocycles. The van der Waals surface area contributed by atoms with E-state index in [1.807, 2.05) is 19.1 Å². The van der Waals surface area contributed by atoms with E-state index >= 15 is 0 Å². The fourth-order valence-electron chi connectivity index (χ4n) is 4.04. The molecule has 1 amide bonds. The van der Waals surface area contributed by atoms with Crippen LogP contribution in [-0.4, -0.2) is 51.1 Å². The first-order valence-corrected chi connectivity index (χ1v) is 11.4. The van der Waals surface area contributed by atoms with Crippen LogP contribution in [0.25, 0.3) is 0 Å². The van der Waals surface area contributed by atoms with Crippen LogP contribution in [0.1, 0.15) is 37.7 Å². The molecule has 2 aliphatic carbocycles. The Balaban J connectivity index is 1.56. The number of hydrogen-bond acceptors (Lipinski definition) is 4. The Morgan fingerprint density at radius 1 is 1.32 bits per heavy atom. The molecule has 0 heterocycles. The van der Waals surface area contributed by atoms with E-state index in [0.717, 1.165) is 23.6 Å². The van der Waals surface area contributed by atoms with Crippen molar-refractivity contribution < 1.29 is 9.18 Å². The third kappa shape index (κ3) is 6.43. The number of rotatable bonds is 11. The van der Waals surface area contributed by atoms with Crippen LogP contribution in [0.4, 0.5) is 4.39 Å². The SMILES string of the molecule is CNC1=C(C(N)=NCCNC(=O)[C@H](CNCC2CC2)c2ccc(Cl)cc2)[C@H](C)C[C@@H]1F. The van der Waals surface area contributed by atoms with E-state index in [0.29, 0.717) is 42.6 Å². The fraction of sp³-hybridized carbons (Fsp3) is 0.565. The summed E-state index contributed by atoms with van der Waals surface area (Å²) in [6.07, 6.45) is 1.90. The van der Waals surface area contributed by atoms with E-state index in [1.165, 1.54) is 12.8 Å². The fourth-order valence-corrected chi connectivity index (χ4v) is 4.16. The second-order valence-corrected chi connectivity index (χ2v) is 8.88. The van der Waals surface area contributed by atoms with E-state index < -0.39 is 6.17 Å². The van der Waals surface area contributed by atoms with E-state index in [4.69, 9.17) is 17.3 Å². The Morgan fingerprint density at radius 2 is 2.03 bits per heavy atom. The number of alkyl halides is 1. The summed E-state index contributed by atoms with van der Waals surface area (Å²) in [6, 6.07) is 7.39. The largest absolute Gasteiger partial charge is 0.389 e. The summed E-state index contributed by atoms with van der Waals surface area (Å²) < 4.78 is 14.1. The van der Waals surface area contributed by atoms with E-state index in [2.05, 4.69) is 20.9 Å². The van der Waals surface area contributed by atoms with E-state index in [-0.39, 0.29) is 17.7 Å². The van der Waals surface area contributed by atoms with Crippen molar-refractivity contribution in [3.05, 3.63) is 46.1 Å². The molecule has 3 atom stereocenters. The van der Waals surface area contributed by atoms with Gasteiger partial charge in [0.1, 0.15) is 12.0 Å². The smallest absolute Gasteiger partial charge is 0.228 e. The number of carbonyl (C=O) groups excluding carboxylic acids is 1. The minimum atomic E-state index is -1.04. The molecule has 3 rings (SSSR count). The maximum atomic E-state index is 14.1. The summed E-state index contributed by atoms with van der Waals surface area (Å²) in [7, 11) is 1.70. The average molecular weight is 450 g/mol. The first-order chi connectivity index (χ1) is 14.9.